The first-order chi connectivity index (χ1) is 9.85. The zero-order valence-electron chi connectivity index (χ0n) is 14.4. The largest absolute Gasteiger partial charge is 0.311 e. The van der Waals surface area contributed by atoms with E-state index in [1.165, 1.54) is 11.1 Å². The second-order valence-corrected chi connectivity index (χ2v) is 6.89. The van der Waals surface area contributed by atoms with Crippen LogP contribution < -0.4 is 5.32 Å². The minimum Gasteiger partial charge on any atom is -0.311 e. The van der Waals surface area contributed by atoms with Crippen LogP contribution in [0.3, 0.4) is 0 Å². The molecule has 0 spiro atoms. The van der Waals surface area contributed by atoms with Crippen LogP contribution in [0.2, 0.25) is 0 Å². The molecule has 0 radical (unpaired) electrons. The highest BCUT2D eigenvalue weighted by atomic mass is 15.1. The third-order valence-corrected chi connectivity index (χ3v) is 3.73. The monoisotopic (exact) mass is 288 g/mol. The van der Waals surface area contributed by atoms with Gasteiger partial charge in [0.05, 0.1) is 0 Å². The van der Waals surface area contributed by atoms with E-state index < -0.39 is 0 Å². The Hall–Kier alpha value is -1.12. The molecule has 1 unspecified atom stereocenters. The summed E-state index contributed by atoms with van der Waals surface area (Å²) in [5.41, 5.74) is 2.96. The lowest BCUT2D eigenvalue weighted by atomic mass is 9.98. The number of hydrogen-bond acceptors (Lipinski definition) is 2. The maximum absolute atomic E-state index is 3.82. The van der Waals surface area contributed by atoms with Crippen LogP contribution in [0.15, 0.2) is 36.9 Å². The summed E-state index contributed by atoms with van der Waals surface area (Å²) in [6.07, 6.45) is 1.97. The first-order valence-corrected chi connectivity index (χ1v) is 8.03. The smallest absolute Gasteiger partial charge is 0.0236 e. The molecule has 1 N–H and O–H groups in total. The van der Waals surface area contributed by atoms with Crippen molar-refractivity contribution < 1.29 is 0 Å². The molecule has 0 bridgehead atoms. The van der Waals surface area contributed by atoms with Crippen LogP contribution in [-0.2, 0) is 6.54 Å². The Balaban J connectivity index is 2.58. The molecule has 0 aromatic heterocycles. The van der Waals surface area contributed by atoms with Crippen LogP contribution in [0.1, 0.15) is 51.7 Å². The van der Waals surface area contributed by atoms with Crippen molar-refractivity contribution in [1.82, 2.24) is 10.2 Å². The van der Waals surface area contributed by atoms with Crippen LogP contribution in [0.25, 0.3) is 0 Å². The summed E-state index contributed by atoms with van der Waals surface area (Å²) in [6, 6.07) is 9.06. The molecule has 0 aliphatic rings. The maximum atomic E-state index is 3.82. The standard InChI is InChI=1S/C19H32N2/c1-7-13-21(8-2)15-17-9-11-18(12-10-17)16(3)14-20-19(4,5)6/h7,9-12,16,20H,1,8,13-15H2,2-6H3. The molecule has 1 aromatic rings. The Bertz CT molecular complexity index is 414. The molecule has 1 atom stereocenters. The number of hydrogen-bond donors (Lipinski definition) is 1. The first-order valence-electron chi connectivity index (χ1n) is 8.03. The Morgan fingerprint density at radius 2 is 1.86 bits per heavy atom. The van der Waals surface area contributed by atoms with Crippen molar-refractivity contribution in [2.75, 3.05) is 19.6 Å². The maximum Gasteiger partial charge on any atom is 0.0236 e. The molecule has 1 rings (SSSR count). The van der Waals surface area contributed by atoms with E-state index in [1.807, 2.05) is 6.08 Å². The van der Waals surface area contributed by atoms with E-state index in [0.29, 0.717) is 5.92 Å². The van der Waals surface area contributed by atoms with E-state index in [9.17, 15) is 0 Å². The van der Waals surface area contributed by atoms with Gasteiger partial charge in [0.15, 0.2) is 0 Å². The molecular formula is C19H32N2. The van der Waals surface area contributed by atoms with Gasteiger partial charge in [0, 0.05) is 25.2 Å². The molecule has 2 heteroatoms. The van der Waals surface area contributed by atoms with E-state index in [-0.39, 0.29) is 5.54 Å². The summed E-state index contributed by atoms with van der Waals surface area (Å²) in [5, 5.41) is 3.57. The number of nitrogens with zero attached hydrogens (tertiary/aromatic N) is 1. The lowest BCUT2D eigenvalue weighted by Gasteiger charge is -2.24. The third-order valence-electron chi connectivity index (χ3n) is 3.73. The predicted octanol–water partition coefficient (Wildman–Crippen LogP) is 4.19. The second kappa shape index (κ2) is 8.35. The molecule has 0 fully saturated rings. The summed E-state index contributed by atoms with van der Waals surface area (Å²) in [5.74, 6) is 0.536. The highest BCUT2D eigenvalue weighted by Gasteiger charge is 2.12. The van der Waals surface area contributed by atoms with E-state index in [0.717, 1.165) is 26.2 Å². The number of rotatable bonds is 8. The number of nitrogens with one attached hydrogen (secondary N) is 1. The van der Waals surface area contributed by atoms with E-state index >= 15 is 0 Å². The van der Waals surface area contributed by atoms with Crippen molar-refractivity contribution in [3.63, 3.8) is 0 Å². The van der Waals surface area contributed by atoms with Crippen LogP contribution in [0.5, 0.6) is 0 Å². The molecule has 1 aromatic carbocycles. The van der Waals surface area contributed by atoms with E-state index in [4.69, 9.17) is 0 Å². The van der Waals surface area contributed by atoms with Crippen LogP contribution in [0, 0.1) is 0 Å². The van der Waals surface area contributed by atoms with Gasteiger partial charge in [-0.1, -0.05) is 44.2 Å². The summed E-state index contributed by atoms with van der Waals surface area (Å²) < 4.78 is 0. The molecule has 2 nitrogen and oxygen atoms in total. The molecule has 0 heterocycles. The van der Waals surface area contributed by atoms with Gasteiger partial charge in [-0.15, -0.1) is 6.58 Å². The summed E-state index contributed by atoms with van der Waals surface area (Å²) in [6.45, 7) is 18.9. The van der Waals surface area contributed by atoms with Gasteiger partial charge in [0.2, 0.25) is 0 Å². The topological polar surface area (TPSA) is 15.3 Å². The molecule has 21 heavy (non-hydrogen) atoms. The fourth-order valence-corrected chi connectivity index (χ4v) is 2.27. The van der Waals surface area contributed by atoms with Crippen molar-refractivity contribution >= 4 is 0 Å². The van der Waals surface area contributed by atoms with Crippen LogP contribution in [0.4, 0.5) is 0 Å². The Labute approximate surface area is 131 Å². The first kappa shape index (κ1) is 17.9. The minimum absolute atomic E-state index is 0.181. The highest BCUT2D eigenvalue weighted by molar-refractivity contribution is 5.25. The molecule has 0 amide bonds. The number of benzene rings is 1. The van der Waals surface area contributed by atoms with Gasteiger partial charge in [-0.25, -0.2) is 0 Å². The summed E-state index contributed by atoms with van der Waals surface area (Å²) in [4.78, 5) is 2.38. The second-order valence-electron chi connectivity index (χ2n) is 6.89. The average molecular weight is 288 g/mol. The van der Waals surface area contributed by atoms with Crippen molar-refractivity contribution in [2.45, 2.75) is 52.6 Å². The van der Waals surface area contributed by atoms with E-state index in [2.05, 4.69) is 75.7 Å². The minimum atomic E-state index is 0.181. The normalized spacial score (nSPS) is 13.4. The van der Waals surface area contributed by atoms with E-state index in [1.54, 1.807) is 0 Å². The highest BCUT2D eigenvalue weighted by Crippen LogP contribution is 2.17. The quantitative estimate of drug-likeness (QED) is 0.722. The van der Waals surface area contributed by atoms with Crippen LogP contribution >= 0.6 is 0 Å². The van der Waals surface area contributed by atoms with Gasteiger partial charge < -0.3 is 5.32 Å². The molecule has 0 saturated carbocycles. The summed E-state index contributed by atoms with van der Waals surface area (Å²) in [7, 11) is 0. The van der Waals surface area contributed by atoms with Gasteiger partial charge in [0.1, 0.15) is 0 Å². The lowest BCUT2D eigenvalue weighted by molar-refractivity contribution is 0.311. The summed E-state index contributed by atoms with van der Waals surface area (Å²) >= 11 is 0. The number of likely N-dealkylation sites (N-methyl/N-ethyl adjacent to an activating group) is 1. The third kappa shape index (κ3) is 6.92. The van der Waals surface area contributed by atoms with Crippen molar-refractivity contribution in [3.05, 3.63) is 48.0 Å². The van der Waals surface area contributed by atoms with Crippen molar-refractivity contribution in [3.8, 4) is 0 Å². The van der Waals surface area contributed by atoms with Crippen LogP contribution in [-0.4, -0.2) is 30.1 Å². The van der Waals surface area contributed by atoms with Gasteiger partial charge >= 0.3 is 0 Å². The average Bonchev–Trinajstić information content (AvgIpc) is 2.44. The molecule has 0 aliphatic carbocycles. The van der Waals surface area contributed by atoms with Gasteiger partial charge in [-0.05, 0) is 44.4 Å². The molecule has 0 saturated heterocycles. The lowest BCUT2D eigenvalue weighted by Crippen LogP contribution is -2.38. The van der Waals surface area contributed by atoms with Gasteiger partial charge in [0.25, 0.3) is 0 Å². The Kier molecular flexibility index (Phi) is 7.13. The fourth-order valence-electron chi connectivity index (χ4n) is 2.27. The molecular weight excluding hydrogens is 256 g/mol. The zero-order valence-corrected chi connectivity index (χ0v) is 14.4. The van der Waals surface area contributed by atoms with Gasteiger partial charge in [-0.3, -0.25) is 4.90 Å². The van der Waals surface area contributed by atoms with Crippen molar-refractivity contribution in [2.24, 2.45) is 0 Å². The SMILES string of the molecule is C=CCN(CC)Cc1ccc(C(C)CNC(C)(C)C)cc1. The molecule has 118 valence electrons. The Morgan fingerprint density at radius 3 is 2.33 bits per heavy atom. The fraction of sp³-hybridized carbons (Fsp3) is 0.579. The Morgan fingerprint density at radius 1 is 1.24 bits per heavy atom. The molecule has 0 aliphatic heterocycles. The van der Waals surface area contributed by atoms with Gasteiger partial charge in [-0.2, -0.15) is 0 Å². The predicted molar refractivity (Wildman–Crippen MR) is 93.8 cm³/mol. The zero-order chi connectivity index (χ0) is 15.9. The van der Waals surface area contributed by atoms with Crippen molar-refractivity contribution in [1.29, 1.82) is 0 Å².